The molecule has 0 aliphatic heterocycles. The van der Waals surface area contributed by atoms with E-state index in [1.165, 1.54) is 38.5 Å². The molecule has 0 heterocycles. The van der Waals surface area contributed by atoms with Crippen molar-refractivity contribution in [3.63, 3.8) is 0 Å². The van der Waals surface area contributed by atoms with Crippen LogP contribution in [0.4, 0.5) is 11.4 Å². The molecule has 8 nitrogen and oxygen atoms in total. The quantitative estimate of drug-likeness (QED) is 0.337. The second-order valence-electron chi connectivity index (χ2n) is 5.64. The predicted octanol–water partition coefficient (Wildman–Crippen LogP) is 4.12. The summed E-state index contributed by atoms with van der Waals surface area (Å²) in [6.07, 6.45) is 1.29. The van der Waals surface area contributed by atoms with Crippen molar-refractivity contribution in [3.8, 4) is 17.6 Å². The number of carbonyl (C=O) groups excluding carboxylic acids is 1. The van der Waals surface area contributed by atoms with Crippen LogP contribution in [0.15, 0.2) is 35.9 Å². The third-order valence-corrected chi connectivity index (χ3v) is 4.01. The van der Waals surface area contributed by atoms with Crippen LogP contribution < -0.4 is 14.8 Å². The number of benzene rings is 2. The average Bonchev–Trinajstić information content (AvgIpc) is 2.66. The number of nitrogens with zero attached hydrogens (tertiary/aromatic N) is 2. The number of halogens is 1. The fraction of sp³-hybridized carbons (Fsp3) is 0.158. The second-order valence-corrected chi connectivity index (χ2v) is 6.05. The first-order valence-electron chi connectivity index (χ1n) is 7.90. The first-order chi connectivity index (χ1) is 13.3. The van der Waals surface area contributed by atoms with Crippen molar-refractivity contribution in [2.75, 3.05) is 19.5 Å². The number of hydrogen-bond acceptors (Lipinski definition) is 6. The molecule has 1 amide bonds. The van der Waals surface area contributed by atoms with Gasteiger partial charge in [-0.15, -0.1) is 0 Å². The number of carbonyl (C=O) groups is 1. The molecule has 2 aromatic rings. The minimum Gasteiger partial charge on any atom is -0.493 e. The molecule has 9 heteroatoms. The first-order valence-corrected chi connectivity index (χ1v) is 8.28. The molecule has 2 rings (SSSR count). The Balaban J connectivity index is 2.39. The summed E-state index contributed by atoms with van der Waals surface area (Å²) in [6, 6.07) is 9.19. The lowest BCUT2D eigenvalue weighted by atomic mass is 10.1. The summed E-state index contributed by atoms with van der Waals surface area (Å²) < 4.78 is 10.3. The van der Waals surface area contributed by atoms with Gasteiger partial charge < -0.3 is 14.8 Å². The van der Waals surface area contributed by atoms with Crippen molar-refractivity contribution < 1.29 is 19.2 Å². The van der Waals surface area contributed by atoms with Gasteiger partial charge in [0.25, 0.3) is 11.6 Å². The average molecular weight is 402 g/mol. The summed E-state index contributed by atoms with van der Waals surface area (Å²) in [5.41, 5.74) is 0.554. The van der Waals surface area contributed by atoms with E-state index in [1.807, 2.05) is 0 Å². The fourth-order valence-electron chi connectivity index (χ4n) is 2.42. The largest absolute Gasteiger partial charge is 0.493 e. The van der Waals surface area contributed by atoms with E-state index in [9.17, 15) is 20.2 Å². The zero-order valence-corrected chi connectivity index (χ0v) is 16.0. The normalized spacial score (nSPS) is 10.8. The minimum absolute atomic E-state index is 0.00732. The number of nitriles is 1. The lowest BCUT2D eigenvalue weighted by Gasteiger charge is -2.10. The van der Waals surface area contributed by atoms with Crippen molar-refractivity contribution in [2.24, 2.45) is 0 Å². The van der Waals surface area contributed by atoms with Gasteiger partial charge in [-0.2, -0.15) is 5.26 Å². The molecule has 0 aromatic heterocycles. The van der Waals surface area contributed by atoms with Crippen molar-refractivity contribution >= 4 is 35.0 Å². The lowest BCUT2D eigenvalue weighted by Crippen LogP contribution is -2.14. The van der Waals surface area contributed by atoms with E-state index >= 15 is 0 Å². The highest BCUT2D eigenvalue weighted by molar-refractivity contribution is 6.32. The zero-order chi connectivity index (χ0) is 20.8. The summed E-state index contributed by atoms with van der Waals surface area (Å²) >= 11 is 6.13. The number of nitro groups is 1. The van der Waals surface area contributed by atoms with Crippen molar-refractivity contribution in [1.82, 2.24) is 0 Å². The molecule has 2 aromatic carbocycles. The van der Waals surface area contributed by atoms with Gasteiger partial charge in [-0.3, -0.25) is 14.9 Å². The Hall–Kier alpha value is -3.57. The van der Waals surface area contributed by atoms with Crippen LogP contribution in [0, 0.1) is 28.4 Å². The molecule has 0 radical (unpaired) electrons. The Kier molecular flexibility index (Phi) is 6.58. The predicted molar refractivity (Wildman–Crippen MR) is 105 cm³/mol. The number of nitro benzene ring substituents is 1. The third kappa shape index (κ3) is 4.58. The van der Waals surface area contributed by atoms with Crippen LogP contribution in [0.5, 0.6) is 11.5 Å². The van der Waals surface area contributed by atoms with E-state index in [2.05, 4.69) is 5.32 Å². The van der Waals surface area contributed by atoms with Crippen LogP contribution in [0.3, 0.4) is 0 Å². The highest BCUT2D eigenvalue weighted by Gasteiger charge is 2.19. The summed E-state index contributed by atoms with van der Waals surface area (Å²) in [6.45, 7) is 1.69. The summed E-state index contributed by atoms with van der Waals surface area (Å²) in [5, 5.41) is 23.2. The monoisotopic (exact) mass is 401 g/mol. The van der Waals surface area contributed by atoms with Crippen LogP contribution in [0.25, 0.3) is 6.08 Å². The smallest absolute Gasteiger partial charge is 0.293 e. The van der Waals surface area contributed by atoms with Crippen molar-refractivity contribution in [3.05, 3.63) is 62.2 Å². The molecule has 0 saturated carbocycles. The molecule has 28 heavy (non-hydrogen) atoms. The standard InChI is InChI=1S/C19H16ClN3O5/c1-11-4-5-15(16(6-11)23(25)26)22-19(24)13(10-21)7-12-8-14(20)18(28-3)17(9-12)27-2/h4-9H,1-3H3,(H,22,24)/b13-7+. The van der Waals surface area contributed by atoms with E-state index in [0.29, 0.717) is 22.6 Å². The molecule has 1 N–H and O–H groups in total. The Morgan fingerprint density at radius 3 is 2.57 bits per heavy atom. The number of nitrogens with one attached hydrogen (secondary N) is 1. The summed E-state index contributed by atoms with van der Waals surface area (Å²) in [7, 11) is 2.86. The molecule has 0 spiro atoms. The first kappa shape index (κ1) is 20.7. The fourth-order valence-corrected chi connectivity index (χ4v) is 2.72. The second kappa shape index (κ2) is 8.88. The number of ether oxygens (including phenoxy) is 2. The summed E-state index contributed by atoms with van der Waals surface area (Å²) in [5.74, 6) is -0.145. The van der Waals surface area contributed by atoms with Crippen LogP contribution in [0.1, 0.15) is 11.1 Å². The molecule has 0 unspecified atom stereocenters. The van der Waals surface area contributed by atoms with Crippen molar-refractivity contribution in [2.45, 2.75) is 6.92 Å². The van der Waals surface area contributed by atoms with Crippen LogP contribution in [-0.2, 0) is 4.79 Å². The van der Waals surface area contributed by atoms with Crippen LogP contribution >= 0.6 is 11.6 Å². The van der Waals surface area contributed by atoms with Gasteiger partial charge in [0.15, 0.2) is 11.5 Å². The number of hydrogen-bond donors (Lipinski definition) is 1. The molecule has 0 aliphatic rings. The maximum Gasteiger partial charge on any atom is 0.293 e. The van der Waals surface area contributed by atoms with E-state index in [-0.39, 0.29) is 22.0 Å². The molecular weight excluding hydrogens is 386 g/mol. The van der Waals surface area contributed by atoms with E-state index in [0.717, 1.165) is 0 Å². The van der Waals surface area contributed by atoms with E-state index < -0.39 is 10.8 Å². The Labute approximate surface area is 166 Å². The van der Waals surface area contributed by atoms with Gasteiger partial charge in [0.1, 0.15) is 17.3 Å². The Bertz CT molecular complexity index is 1010. The highest BCUT2D eigenvalue weighted by atomic mass is 35.5. The van der Waals surface area contributed by atoms with Gasteiger partial charge in [-0.25, -0.2) is 0 Å². The molecule has 0 bridgehead atoms. The van der Waals surface area contributed by atoms with Gasteiger partial charge in [-0.05, 0) is 42.3 Å². The van der Waals surface area contributed by atoms with Crippen molar-refractivity contribution in [1.29, 1.82) is 5.26 Å². The SMILES string of the molecule is COc1cc(/C=C(\C#N)C(=O)Nc2ccc(C)cc2[N+](=O)[O-])cc(Cl)c1OC. The molecular formula is C19H16ClN3O5. The van der Waals surface area contributed by atoms with Gasteiger partial charge in [0, 0.05) is 6.07 Å². The van der Waals surface area contributed by atoms with E-state index in [1.54, 1.807) is 25.1 Å². The molecule has 0 fully saturated rings. The highest BCUT2D eigenvalue weighted by Crippen LogP contribution is 2.36. The Morgan fingerprint density at radius 2 is 2.00 bits per heavy atom. The number of amides is 1. The third-order valence-electron chi connectivity index (χ3n) is 3.73. The number of rotatable bonds is 6. The zero-order valence-electron chi connectivity index (χ0n) is 15.3. The van der Waals surface area contributed by atoms with Gasteiger partial charge in [0.2, 0.25) is 0 Å². The number of anilines is 1. The lowest BCUT2D eigenvalue weighted by molar-refractivity contribution is -0.384. The molecule has 144 valence electrons. The number of methoxy groups -OCH3 is 2. The van der Waals surface area contributed by atoms with E-state index in [4.69, 9.17) is 21.1 Å². The van der Waals surface area contributed by atoms with Crippen LogP contribution in [-0.4, -0.2) is 25.1 Å². The maximum absolute atomic E-state index is 12.5. The molecule has 0 saturated heterocycles. The Morgan fingerprint density at radius 1 is 1.29 bits per heavy atom. The molecule has 0 aliphatic carbocycles. The number of aryl methyl sites for hydroxylation is 1. The van der Waals surface area contributed by atoms with Gasteiger partial charge >= 0.3 is 0 Å². The summed E-state index contributed by atoms with van der Waals surface area (Å²) in [4.78, 5) is 23.0. The maximum atomic E-state index is 12.5. The van der Waals surface area contributed by atoms with Crippen LogP contribution in [0.2, 0.25) is 5.02 Å². The minimum atomic E-state index is -0.791. The van der Waals surface area contributed by atoms with Gasteiger partial charge in [0.05, 0.1) is 24.2 Å². The van der Waals surface area contributed by atoms with Gasteiger partial charge in [-0.1, -0.05) is 17.7 Å². The topological polar surface area (TPSA) is 114 Å². The molecule has 0 atom stereocenters.